The summed E-state index contributed by atoms with van der Waals surface area (Å²) in [7, 11) is 0. The maximum Gasteiger partial charge on any atom is 0.261 e. The third-order valence-electron chi connectivity index (χ3n) is 5.31. The van der Waals surface area contributed by atoms with Crippen molar-refractivity contribution in [1.29, 1.82) is 0 Å². The van der Waals surface area contributed by atoms with E-state index in [9.17, 15) is 4.79 Å². The fourth-order valence-electron chi connectivity index (χ4n) is 3.73. The van der Waals surface area contributed by atoms with Crippen molar-refractivity contribution in [3.8, 4) is 5.75 Å². The van der Waals surface area contributed by atoms with Gasteiger partial charge >= 0.3 is 0 Å². The highest BCUT2D eigenvalue weighted by Crippen LogP contribution is 2.28. The van der Waals surface area contributed by atoms with E-state index in [2.05, 4.69) is 45.2 Å². The van der Waals surface area contributed by atoms with Crippen LogP contribution in [-0.2, 0) is 24.3 Å². The first kappa shape index (κ1) is 17.5. The van der Waals surface area contributed by atoms with Crippen LogP contribution in [-0.4, -0.2) is 21.6 Å². The third-order valence-corrected chi connectivity index (χ3v) is 5.31. The van der Waals surface area contributed by atoms with Gasteiger partial charge in [0.15, 0.2) is 6.10 Å². The van der Waals surface area contributed by atoms with E-state index < -0.39 is 6.10 Å². The van der Waals surface area contributed by atoms with Gasteiger partial charge in [-0.05, 0) is 34.9 Å². The molecule has 4 aromatic rings. The Morgan fingerprint density at radius 3 is 2.62 bits per heavy atom. The van der Waals surface area contributed by atoms with Gasteiger partial charge in [-0.15, -0.1) is 0 Å². The van der Waals surface area contributed by atoms with Gasteiger partial charge in [-0.1, -0.05) is 54.6 Å². The molecule has 1 amide bonds. The Hall–Kier alpha value is -3.60. The van der Waals surface area contributed by atoms with Gasteiger partial charge < -0.3 is 14.6 Å². The zero-order valence-electron chi connectivity index (χ0n) is 15.9. The second-order valence-electron chi connectivity index (χ2n) is 7.31. The van der Waals surface area contributed by atoms with Gasteiger partial charge in [0.2, 0.25) is 0 Å². The molecule has 0 fully saturated rings. The maximum absolute atomic E-state index is 12.4. The van der Waals surface area contributed by atoms with Gasteiger partial charge in [0, 0.05) is 19.5 Å². The zero-order valence-corrected chi connectivity index (χ0v) is 15.9. The lowest BCUT2D eigenvalue weighted by Crippen LogP contribution is -2.37. The van der Waals surface area contributed by atoms with Crippen LogP contribution in [0, 0.1) is 0 Å². The summed E-state index contributed by atoms with van der Waals surface area (Å²) < 4.78 is 7.89. The average molecular weight is 383 g/mol. The van der Waals surface area contributed by atoms with Crippen molar-refractivity contribution in [3.05, 3.63) is 95.8 Å². The van der Waals surface area contributed by atoms with Gasteiger partial charge in [-0.25, -0.2) is 4.98 Å². The number of nitrogens with zero attached hydrogens (tertiary/aromatic N) is 2. The van der Waals surface area contributed by atoms with Gasteiger partial charge in [0.25, 0.3) is 5.91 Å². The quantitative estimate of drug-likeness (QED) is 0.572. The number of carbonyl (C=O) groups excluding carboxylic acids is 1. The molecular weight excluding hydrogens is 362 g/mol. The Morgan fingerprint density at radius 2 is 1.76 bits per heavy atom. The fourth-order valence-corrected chi connectivity index (χ4v) is 3.73. The van der Waals surface area contributed by atoms with Crippen molar-refractivity contribution < 1.29 is 9.53 Å². The molecule has 5 heteroatoms. The van der Waals surface area contributed by atoms with Gasteiger partial charge in [0.05, 0.1) is 17.4 Å². The lowest BCUT2D eigenvalue weighted by molar-refractivity contribution is -0.127. The number of para-hydroxylation sites is 3. The van der Waals surface area contributed by atoms with Crippen LogP contribution >= 0.6 is 0 Å². The maximum atomic E-state index is 12.4. The number of aromatic nitrogens is 2. The van der Waals surface area contributed by atoms with E-state index >= 15 is 0 Å². The number of ether oxygens (including phenoxy) is 1. The summed E-state index contributed by atoms with van der Waals surface area (Å²) in [5.74, 6) is 0.735. The molecule has 0 radical (unpaired) electrons. The highest BCUT2D eigenvalue weighted by molar-refractivity contribution is 5.82. The van der Waals surface area contributed by atoms with Crippen molar-refractivity contribution in [2.45, 2.75) is 25.6 Å². The predicted octanol–water partition coefficient (Wildman–Crippen LogP) is 3.70. The molecule has 29 heavy (non-hydrogen) atoms. The van der Waals surface area contributed by atoms with Crippen LogP contribution in [0.1, 0.15) is 16.7 Å². The summed E-state index contributed by atoms with van der Waals surface area (Å²) in [6.45, 7) is 1.25. The van der Waals surface area contributed by atoms with Crippen LogP contribution in [0.2, 0.25) is 0 Å². The highest BCUT2D eigenvalue weighted by atomic mass is 16.5. The monoisotopic (exact) mass is 383 g/mol. The molecule has 1 aliphatic heterocycles. The largest absolute Gasteiger partial charge is 0.480 e. The van der Waals surface area contributed by atoms with E-state index in [1.54, 1.807) is 0 Å². The van der Waals surface area contributed by atoms with Crippen LogP contribution in [0.4, 0.5) is 0 Å². The first-order valence-corrected chi connectivity index (χ1v) is 9.76. The van der Waals surface area contributed by atoms with Crippen molar-refractivity contribution in [3.63, 3.8) is 0 Å². The summed E-state index contributed by atoms with van der Waals surface area (Å²) in [5.41, 5.74) is 5.47. The Kier molecular flexibility index (Phi) is 4.48. The van der Waals surface area contributed by atoms with E-state index in [0.29, 0.717) is 13.0 Å². The summed E-state index contributed by atoms with van der Waals surface area (Å²) in [6, 6.07) is 24.2. The SMILES string of the molecule is O=C(NCc1ccc(Cn2cnc3ccccc32)cc1)C1Cc2ccccc2O1. The number of hydrogen-bond donors (Lipinski definition) is 1. The molecule has 144 valence electrons. The van der Waals surface area contributed by atoms with Gasteiger partial charge in [-0.2, -0.15) is 0 Å². The summed E-state index contributed by atoms with van der Waals surface area (Å²) in [4.78, 5) is 16.9. The van der Waals surface area contributed by atoms with E-state index in [4.69, 9.17) is 4.74 Å². The molecule has 1 atom stereocenters. The van der Waals surface area contributed by atoms with E-state index in [0.717, 1.165) is 34.5 Å². The second-order valence-corrected chi connectivity index (χ2v) is 7.31. The van der Waals surface area contributed by atoms with Crippen molar-refractivity contribution >= 4 is 16.9 Å². The standard InChI is InChI=1S/C24H21N3O2/c28-24(23-13-19-5-1-4-8-22(19)29-23)25-14-17-9-11-18(12-10-17)15-27-16-26-20-6-2-3-7-21(20)27/h1-12,16,23H,13-15H2,(H,25,28). The number of fused-ring (bicyclic) bond motifs is 2. The molecule has 1 aromatic heterocycles. The van der Waals surface area contributed by atoms with Crippen LogP contribution in [0.5, 0.6) is 5.75 Å². The van der Waals surface area contributed by atoms with Crippen LogP contribution < -0.4 is 10.1 Å². The molecule has 1 aliphatic rings. The Morgan fingerprint density at radius 1 is 1.00 bits per heavy atom. The molecular formula is C24H21N3O2. The molecule has 0 bridgehead atoms. The molecule has 2 heterocycles. The first-order chi connectivity index (χ1) is 14.3. The third kappa shape index (κ3) is 3.59. The Balaban J connectivity index is 1.18. The molecule has 3 aromatic carbocycles. The highest BCUT2D eigenvalue weighted by Gasteiger charge is 2.28. The normalized spacial score (nSPS) is 15.1. The van der Waals surface area contributed by atoms with Crippen molar-refractivity contribution in [2.75, 3.05) is 0 Å². The Labute approximate surface area is 169 Å². The summed E-state index contributed by atoms with van der Waals surface area (Å²) in [6.07, 6.45) is 2.05. The summed E-state index contributed by atoms with van der Waals surface area (Å²) in [5, 5.41) is 2.99. The molecule has 5 nitrogen and oxygen atoms in total. The van der Waals surface area contributed by atoms with Crippen molar-refractivity contribution in [2.24, 2.45) is 0 Å². The smallest absolute Gasteiger partial charge is 0.261 e. The van der Waals surface area contributed by atoms with Crippen LogP contribution in [0.3, 0.4) is 0 Å². The number of nitrogens with one attached hydrogen (secondary N) is 1. The Bertz CT molecular complexity index is 1140. The molecule has 1 N–H and O–H groups in total. The number of amides is 1. The number of carbonyl (C=O) groups is 1. The molecule has 5 rings (SSSR count). The minimum Gasteiger partial charge on any atom is -0.480 e. The lowest BCUT2D eigenvalue weighted by Gasteiger charge is -2.12. The van der Waals surface area contributed by atoms with Gasteiger partial charge in [0.1, 0.15) is 5.75 Å². The predicted molar refractivity (Wildman–Crippen MR) is 112 cm³/mol. The number of hydrogen-bond acceptors (Lipinski definition) is 3. The fraction of sp³-hybridized carbons (Fsp3) is 0.167. The van der Waals surface area contributed by atoms with Gasteiger partial charge in [-0.3, -0.25) is 4.79 Å². The van der Waals surface area contributed by atoms with E-state index in [1.165, 1.54) is 5.56 Å². The van der Waals surface area contributed by atoms with E-state index in [-0.39, 0.29) is 5.91 Å². The molecule has 0 saturated carbocycles. The molecule has 1 unspecified atom stereocenters. The van der Waals surface area contributed by atoms with Crippen molar-refractivity contribution in [1.82, 2.24) is 14.9 Å². The number of benzene rings is 3. The number of imidazole rings is 1. The average Bonchev–Trinajstić information content (AvgIpc) is 3.37. The first-order valence-electron chi connectivity index (χ1n) is 9.76. The summed E-state index contributed by atoms with van der Waals surface area (Å²) >= 11 is 0. The van der Waals surface area contributed by atoms with Crippen LogP contribution in [0.25, 0.3) is 11.0 Å². The molecule has 0 spiro atoms. The molecule has 0 saturated heterocycles. The van der Waals surface area contributed by atoms with Crippen LogP contribution in [0.15, 0.2) is 79.1 Å². The second kappa shape index (κ2) is 7.43. The zero-order chi connectivity index (χ0) is 19.6. The number of rotatable bonds is 5. The lowest BCUT2D eigenvalue weighted by atomic mass is 10.1. The topological polar surface area (TPSA) is 56.2 Å². The molecule has 0 aliphatic carbocycles. The minimum absolute atomic E-state index is 0.0739. The minimum atomic E-state index is -0.443. The van der Waals surface area contributed by atoms with E-state index in [1.807, 2.05) is 48.8 Å².